The molecular weight excluding hydrogens is 370 g/mol. The summed E-state index contributed by atoms with van der Waals surface area (Å²) in [4.78, 5) is 32.1. The summed E-state index contributed by atoms with van der Waals surface area (Å²) in [5.74, 6) is 0. The van der Waals surface area contributed by atoms with Gasteiger partial charge < -0.3 is 20.3 Å². The van der Waals surface area contributed by atoms with Gasteiger partial charge in [0.15, 0.2) is 0 Å². The van der Waals surface area contributed by atoms with Crippen LogP contribution in [0.5, 0.6) is 0 Å². The molecule has 8 heteroatoms. The Morgan fingerprint density at radius 2 is 1.83 bits per heavy atom. The molecule has 29 heavy (non-hydrogen) atoms. The monoisotopic (exact) mass is 397 g/mol. The molecule has 0 unspecified atom stereocenters. The molecule has 1 saturated heterocycles. The molecule has 0 aliphatic carbocycles. The minimum Gasteiger partial charge on any atom is -0.453 e. The number of rotatable bonds is 4. The first-order valence-corrected chi connectivity index (χ1v) is 9.60. The summed E-state index contributed by atoms with van der Waals surface area (Å²) >= 11 is 0. The van der Waals surface area contributed by atoms with Gasteiger partial charge in [-0.2, -0.15) is 0 Å². The van der Waals surface area contributed by atoms with E-state index in [4.69, 9.17) is 4.74 Å². The van der Waals surface area contributed by atoms with Crippen LogP contribution < -0.4 is 10.6 Å². The lowest BCUT2D eigenvalue weighted by atomic mass is 10.1. The lowest BCUT2D eigenvalue weighted by molar-refractivity contribution is 0.0889. The number of carbonyl (C=O) groups excluding carboxylic acids is 2. The van der Waals surface area contributed by atoms with E-state index in [2.05, 4.69) is 26.6 Å². The number of nitrogens with one attached hydrogen (secondary N) is 2. The second kappa shape index (κ2) is 9.38. The van der Waals surface area contributed by atoms with Crippen LogP contribution >= 0.6 is 0 Å². The van der Waals surface area contributed by atoms with Crippen LogP contribution in [0.25, 0.3) is 0 Å². The summed E-state index contributed by atoms with van der Waals surface area (Å²) in [6.45, 7) is 7.48. The van der Waals surface area contributed by atoms with Crippen molar-refractivity contribution in [2.24, 2.45) is 0 Å². The molecule has 3 amide bonds. The molecule has 1 aromatic carbocycles. The smallest absolute Gasteiger partial charge is 0.409 e. The summed E-state index contributed by atoms with van der Waals surface area (Å²) in [6.07, 6.45) is 1.35. The zero-order chi connectivity index (χ0) is 20.8. The van der Waals surface area contributed by atoms with Crippen LogP contribution in [0.2, 0.25) is 0 Å². The SMILES string of the molecule is COC(=O)N1CCN(Cc2ccc(C)c(NC(=O)Nc3ccc(C)nc3)c2)CC1. The molecule has 1 aliphatic heterocycles. The largest absolute Gasteiger partial charge is 0.453 e. The van der Waals surface area contributed by atoms with E-state index < -0.39 is 0 Å². The Kier molecular flexibility index (Phi) is 6.66. The molecule has 3 rings (SSSR count). The zero-order valence-corrected chi connectivity index (χ0v) is 17.1. The molecule has 2 aromatic rings. The van der Waals surface area contributed by atoms with E-state index in [0.29, 0.717) is 18.8 Å². The molecule has 0 atom stereocenters. The maximum absolute atomic E-state index is 12.3. The Morgan fingerprint density at radius 3 is 2.48 bits per heavy atom. The Morgan fingerprint density at radius 1 is 1.07 bits per heavy atom. The summed E-state index contributed by atoms with van der Waals surface area (Å²) in [5.41, 5.74) is 4.40. The maximum Gasteiger partial charge on any atom is 0.409 e. The summed E-state index contributed by atoms with van der Waals surface area (Å²) in [5, 5.41) is 5.71. The molecule has 1 fully saturated rings. The second-order valence-corrected chi connectivity index (χ2v) is 7.15. The summed E-state index contributed by atoms with van der Waals surface area (Å²) < 4.78 is 4.78. The Hall–Kier alpha value is -3.13. The van der Waals surface area contributed by atoms with Crippen molar-refractivity contribution in [3.05, 3.63) is 53.3 Å². The number of anilines is 2. The zero-order valence-electron chi connectivity index (χ0n) is 17.1. The molecule has 0 radical (unpaired) electrons. The number of hydrogen-bond donors (Lipinski definition) is 2. The third-order valence-corrected chi connectivity index (χ3v) is 4.93. The number of benzene rings is 1. The average Bonchev–Trinajstić information content (AvgIpc) is 2.72. The average molecular weight is 397 g/mol. The fourth-order valence-corrected chi connectivity index (χ4v) is 3.20. The lowest BCUT2D eigenvalue weighted by Gasteiger charge is -2.33. The number of methoxy groups -OCH3 is 1. The van der Waals surface area contributed by atoms with Gasteiger partial charge in [0.25, 0.3) is 0 Å². The highest BCUT2D eigenvalue weighted by atomic mass is 16.5. The number of hydrogen-bond acceptors (Lipinski definition) is 5. The van der Waals surface area contributed by atoms with Crippen molar-refractivity contribution in [2.75, 3.05) is 43.9 Å². The molecule has 1 aliphatic rings. The number of amides is 3. The molecule has 0 bridgehead atoms. The molecule has 2 N–H and O–H groups in total. The van der Waals surface area contributed by atoms with Gasteiger partial charge in [0.2, 0.25) is 0 Å². The van der Waals surface area contributed by atoms with Gasteiger partial charge in [-0.05, 0) is 43.2 Å². The molecule has 1 aromatic heterocycles. The van der Waals surface area contributed by atoms with Crippen molar-refractivity contribution in [3.63, 3.8) is 0 Å². The molecule has 154 valence electrons. The molecule has 0 saturated carbocycles. The third kappa shape index (κ3) is 5.68. The minimum atomic E-state index is -0.303. The van der Waals surface area contributed by atoms with E-state index in [-0.39, 0.29) is 12.1 Å². The van der Waals surface area contributed by atoms with Crippen LogP contribution in [-0.4, -0.2) is 60.2 Å². The van der Waals surface area contributed by atoms with E-state index >= 15 is 0 Å². The van der Waals surface area contributed by atoms with E-state index in [1.165, 1.54) is 7.11 Å². The first-order valence-electron chi connectivity index (χ1n) is 9.60. The normalized spacial score (nSPS) is 14.4. The van der Waals surface area contributed by atoms with Crippen LogP contribution in [0.1, 0.15) is 16.8 Å². The molecule has 2 heterocycles. The Bertz CT molecular complexity index is 861. The van der Waals surface area contributed by atoms with Gasteiger partial charge in [-0.3, -0.25) is 9.88 Å². The number of aromatic nitrogens is 1. The Labute approximate surface area is 170 Å². The first-order chi connectivity index (χ1) is 13.9. The molecular formula is C21H27N5O3. The van der Waals surface area contributed by atoms with Crippen molar-refractivity contribution in [2.45, 2.75) is 20.4 Å². The third-order valence-electron chi connectivity index (χ3n) is 4.93. The fraction of sp³-hybridized carbons (Fsp3) is 0.381. The van der Waals surface area contributed by atoms with Crippen molar-refractivity contribution < 1.29 is 14.3 Å². The number of aryl methyl sites for hydroxylation is 2. The van der Waals surface area contributed by atoms with Gasteiger partial charge in [-0.1, -0.05) is 12.1 Å². The van der Waals surface area contributed by atoms with E-state index in [1.807, 2.05) is 38.1 Å². The van der Waals surface area contributed by atoms with E-state index in [1.54, 1.807) is 11.1 Å². The van der Waals surface area contributed by atoms with E-state index in [9.17, 15) is 9.59 Å². The number of urea groups is 1. The van der Waals surface area contributed by atoms with Crippen LogP contribution in [0.3, 0.4) is 0 Å². The van der Waals surface area contributed by atoms with Crippen molar-refractivity contribution >= 4 is 23.5 Å². The van der Waals surface area contributed by atoms with Gasteiger partial charge in [0, 0.05) is 44.1 Å². The van der Waals surface area contributed by atoms with Crippen molar-refractivity contribution in [1.82, 2.24) is 14.8 Å². The van der Waals surface area contributed by atoms with Gasteiger partial charge in [0.05, 0.1) is 19.0 Å². The lowest BCUT2D eigenvalue weighted by Crippen LogP contribution is -2.48. The Balaban J connectivity index is 1.57. The standard InChI is InChI=1S/C21H27N5O3/c1-15-4-6-17(14-25-8-10-26(11-9-25)21(28)29-3)12-19(15)24-20(27)23-18-7-5-16(2)22-13-18/h4-7,12-13H,8-11,14H2,1-3H3,(H2,23,24,27). The maximum atomic E-state index is 12.3. The predicted molar refractivity (Wildman–Crippen MR) is 112 cm³/mol. The number of carbonyl (C=O) groups is 2. The summed E-state index contributed by atoms with van der Waals surface area (Å²) in [6, 6.07) is 9.43. The van der Waals surface area contributed by atoms with Crippen molar-refractivity contribution in [1.29, 1.82) is 0 Å². The van der Waals surface area contributed by atoms with Gasteiger partial charge in [-0.15, -0.1) is 0 Å². The van der Waals surface area contributed by atoms with Gasteiger partial charge >= 0.3 is 12.1 Å². The van der Waals surface area contributed by atoms with Crippen LogP contribution in [-0.2, 0) is 11.3 Å². The fourth-order valence-electron chi connectivity index (χ4n) is 3.20. The van der Waals surface area contributed by atoms with Gasteiger partial charge in [0.1, 0.15) is 0 Å². The van der Waals surface area contributed by atoms with E-state index in [0.717, 1.165) is 42.1 Å². The highest BCUT2D eigenvalue weighted by Gasteiger charge is 2.21. The number of nitrogens with zero attached hydrogens (tertiary/aromatic N) is 3. The van der Waals surface area contributed by atoms with Crippen LogP contribution in [0, 0.1) is 13.8 Å². The predicted octanol–water partition coefficient (Wildman–Crippen LogP) is 3.23. The molecule has 0 spiro atoms. The highest BCUT2D eigenvalue weighted by Crippen LogP contribution is 2.19. The molecule has 8 nitrogen and oxygen atoms in total. The van der Waals surface area contributed by atoms with Crippen LogP contribution in [0.4, 0.5) is 21.0 Å². The topological polar surface area (TPSA) is 86.8 Å². The first kappa shape index (κ1) is 20.6. The quantitative estimate of drug-likeness (QED) is 0.827. The minimum absolute atomic E-state index is 0.277. The second-order valence-electron chi connectivity index (χ2n) is 7.15. The number of piperazine rings is 1. The summed E-state index contributed by atoms with van der Waals surface area (Å²) in [7, 11) is 1.40. The van der Waals surface area contributed by atoms with Gasteiger partial charge in [-0.25, -0.2) is 9.59 Å². The van der Waals surface area contributed by atoms with Crippen molar-refractivity contribution in [3.8, 4) is 0 Å². The van der Waals surface area contributed by atoms with Crippen LogP contribution in [0.15, 0.2) is 36.5 Å². The number of pyridine rings is 1. The highest BCUT2D eigenvalue weighted by molar-refractivity contribution is 6.00. The number of ether oxygens (including phenoxy) is 1.